The van der Waals surface area contributed by atoms with Gasteiger partial charge in [0.05, 0.1) is 0 Å². The van der Waals surface area contributed by atoms with Gasteiger partial charge in [0.1, 0.15) is 0 Å². The molecular weight excluding hydrogens is 242 g/mol. The maximum absolute atomic E-state index is 11.0. The second-order valence-electron chi connectivity index (χ2n) is 4.24. The van der Waals surface area contributed by atoms with Crippen molar-refractivity contribution in [1.82, 2.24) is 0 Å². The molecule has 1 heterocycles. The summed E-state index contributed by atoms with van der Waals surface area (Å²) >= 11 is 0. The molecule has 1 aromatic carbocycles. The summed E-state index contributed by atoms with van der Waals surface area (Å²) in [6.45, 7) is 0.806. The fraction of sp³-hybridized carbons (Fsp3) is 0.455. The van der Waals surface area contributed by atoms with E-state index in [4.69, 9.17) is 4.55 Å². The van der Waals surface area contributed by atoms with Gasteiger partial charge in [-0.15, -0.1) is 0 Å². The van der Waals surface area contributed by atoms with Crippen LogP contribution in [0.5, 0.6) is 0 Å². The van der Waals surface area contributed by atoms with Gasteiger partial charge in [0.25, 0.3) is 10.1 Å². The van der Waals surface area contributed by atoms with Crippen LogP contribution in [-0.2, 0) is 10.1 Å². The molecule has 1 aromatic rings. The Bertz CT molecular complexity index is 477. The van der Waals surface area contributed by atoms with Crippen LogP contribution in [0, 0.1) is 0 Å². The topological polar surface area (TPSA) is 77.8 Å². The third kappa shape index (κ3) is 2.43. The van der Waals surface area contributed by atoms with Crippen LogP contribution in [0.25, 0.3) is 0 Å². The van der Waals surface area contributed by atoms with E-state index in [0.29, 0.717) is 13.1 Å². The Labute approximate surface area is 100 Å². The molecule has 0 aromatic heterocycles. The fourth-order valence-electron chi connectivity index (χ4n) is 2.01. The van der Waals surface area contributed by atoms with E-state index >= 15 is 0 Å². The number of hydrogen-bond acceptors (Lipinski definition) is 4. The molecule has 0 unspecified atom stereocenters. The van der Waals surface area contributed by atoms with Crippen LogP contribution in [0.2, 0.25) is 0 Å². The van der Waals surface area contributed by atoms with Crippen LogP contribution in [0.15, 0.2) is 30.3 Å². The van der Waals surface area contributed by atoms with E-state index in [1.807, 2.05) is 35.2 Å². The molecule has 0 spiro atoms. The van der Waals surface area contributed by atoms with E-state index < -0.39 is 15.1 Å². The lowest BCUT2D eigenvalue weighted by Gasteiger charge is -2.37. The molecule has 1 fully saturated rings. The monoisotopic (exact) mass is 257 g/mol. The molecular formula is C11H15NO4S. The van der Waals surface area contributed by atoms with Crippen molar-refractivity contribution in [3.8, 4) is 0 Å². The number of hydrogen-bond donors (Lipinski definition) is 2. The smallest absolute Gasteiger partial charge is 0.295 e. The average molecular weight is 257 g/mol. The SMILES string of the molecule is O=S(=O)(O)C1(O)CCN(c2ccccc2)CC1. The van der Waals surface area contributed by atoms with Gasteiger partial charge in [0, 0.05) is 31.6 Å². The van der Waals surface area contributed by atoms with Crippen molar-refractivity contribution in [3.05, 3.63) is 30.3 Å². The van der Waals surface area contributed by atoms with E-state index in [1.54, 1.807) is 0 Å². The molecule has 0 radical (unpaired) electrons. The first-order valence-electron chi connectivity index (χ1n) is 5.42. The zero-order valence-electron chi connectivity index (χ0n) is 9.28. The highest BCUT2D eigenvalue weighted by Gasteiger charge is 2.43. The van der Waals surface area contributed by atoms with E-state index in [9.17, 15) is 13.5 Å². The highest BCUT2D eigenvalue weighted by molar-refractivity contribution is 7.87. The lowest BCUT2D eigenvalue weighted by Crippen LogP contribution is -2.49. The zero-order valence-corrected chi connectivity index (χ0v) is 10.1. The van der Waals surface area contributed by atoms with Gasteiger partial charge in [-0.25, -0.2) is 0 Å². The summed E-state index contributed by atoms with van der Waals surface area (Å²) in [6.07, 6.45) is 0.0292. The largest absolute Gasteiger partial charge is 0.372 e. The standard InChI is InChI=1S/C11H15NO4S/c13-11(17(14,15)16)6-8-12(9-7-11)10-4-2-1-3-5-10/h1-5,13H,6-9H2,(H,14,15,16). The Morgan fingerprint density at radius 3 is 2.12 bits per heavy atom. The molecule has 1 aliphatic rings. The molecule has 0 saturated carbocycles. The first kappa shape index (κ1) is 12.3. The van der Waals surface area contributed by atoms with Gasteiger partial charge in [0.15, 0.2) is 4.93 Å². The molecule has 0 atom stereocenters. The Kier molecular flexibility index (Phi) is 3.11. The Morgan fingerprint density at radius 2 is 1.65 bits per heavy atom. The van der Waals surface area contributed by atoms with Gasteiger partial charge in [0.2, 0.25) is 0 Å². The van der Waals surface area contributed by atoms with Crippen LogP contribution in [0.4, 0.5) is 5.69 Å². The summed E-state index contributed by atoms with van der Waals surface area (Å²) in [5.74, 6) is 0. The van der Waals surface area contributed by atoms with Gasteiger partial charge in [-0.3, -0.25) is 4.55 Å². The minimum absolute atomic E-state index is 0.0146. The molecule has 5 nitrogen and oxygen atoms in total. The van der Waals surface area contributed by atoms with Crippen molar-refractivity contribution in [3.63, 3.8) is 0 Å². The number of piperidine rings is 1. The van der Waals surface area contributed by atoms with Gasteiger partial charge in [-0.1, -0.05) is 18.2 Å². The predicted molar refractivity (Wildman–Crippen MR) is 64.4 cm³/mol. The lowest BCUT2D eigenvalue weighted by atomic mass is 10.1. The van der Waals surface area contributed by atoms with Crippen LogP contribution >= 0.6 is 0 Å². The lowest BCUT2D eigenvalue weighted by molar-refractivity contribution is 0.0869. The Hall–Kier alpha value is -1.11. The van der Waals surface area contributed by atoms with Crippen LogP contribution in [0.1, 0.15) is 12.8 Å². The maximum atomic E-state index is 11.0. The molecule has 6 heteroatoms. The Morgan fingerprint density at radius 1 is 1.12 bits per heavy atom. The normalized spacial score (nSPS) is 20.2. The summed E-state index contributed by atoms with van der Waals surface area (Å²) in [5, 5.41) is 9.81. The van der Waals surface area contributed by atoms with Crippen molar-refractivity contribution >= 4 is 15.8 Å². The van der Waals surface area contributed by atoms with Crippen molar-refractivity contribution in [1.29, 1.82) is 0 Å². The predicted octanol–water partition coefficient (Wildman–Crippen LogP) is 0.863. The van der Waals surface area contributed by atoms with Crippen LogP contribution in [-0.4, -0.2) is 36.1 Å². The van der Waals surface area contributed by atoms with Crippen LogP contribution in [0.3, 0.4) is 0 Å². The van der Waals surface area contributed by atoms with Crippen molar-refractivity contribution in [2.24, 2.45) is 0 Å². The second-order valence-corrected chi connectivity index (χ2v) is 5.95. The summed E-state index contributed by atoms with van der Waals surface area (Å²) in [7, 11) is -4.40. The number of aliphatic hydroxyl groups is 1. The molecule has 0 bridgehead atoms. The van der Waals surface area contributed by atoms with E-state index in [2.05, 4.69) is 0 Å². The Balaban J connectivity index is 2.09. The molecule has 17 heavy (non-hydrogen) atoms. The summed E-state index contributed by atoms with van der Waals surface area (Å²) < 4.78 is 31.0. The quantitative estimate of drug-likeness (QED) is 0.768. The van der Waals surface area contributed by atoms with E-state index in [-0.39, 0.29) is 12.8 Å². The first-order chi connectivity index (χ1) is 7.92. The van der Waals surface area contributed by atoms with Gasteiger partial charge >= 0.3 is 0 Å². The summed E-state index contributed by atoms with van der Waals surface area (Å²) in [5.41, 5.74) is 0.991. The zero-order chi connectivity index (χ0) is 12.5. The molecule has 0 amide bonds. The molecule has 2 N–H and O–H groups in total. The van der Waals surface area contributed by atoms with Crippen molar-refractivity contribution < 1.29 is 18.1 Å². The third-order valence-electron chi connectivity index (χ3n) is 3.15. The number of benzene rings is 1. The van der Waals surface area contributed by atoms with Crippen molar-refractivity contribution in [2.75, 3.05) is 18.0 Å². The molecule has 94 valence electrons. The summed E-state index contributed by atoms with van der Waals surface area (Å²) in [6, 6.07) is 9.56. The van der Waals surface area contributed by atoms with Crippen molar-refractivity contribution in [2.45, 2.75) is 17.8 Å². The fourth-order valence-corrected chi connectivity index (χ4v) is 2.71. The number of para-hydroxylation sites is 1. The van der Waals surface area contributed by atoms with Gasteiger partial charge in [-0.2, -0.15) is 8.42 Å². The molecule has 0 aliphatic carbocycles. The number of anilines is 1. The summed E-state index contributed by atoms with van der Waals surface area (Å²) in [4.78, 5) is -0.00205. The van der Waals surface area contributed by atoms with Crippen LogP contribution < -0.4 is 4.90 Å². The highest BCUT2D eigenvalue weighted by atomic mass is 32.2. The number of rotatable bonds is 2. The van der Waals surface area contributed by atoms with Gasteiger partial charge < -0.3 is 10.0 Å². The first-order valence-corrected chi connectivity index (χ1v) is 6.86. The maximum Gasteiger partial charge on any atom is 0.295 e. The average Bonchev–Trinajstić information content (AvgIpc) is 2.30. The van der Waals surface area contributed by atoms with E-state index in [0.717, 1.165) is 5.69 Å². The number of nitrogens with zero attached hydrogens (tertiary/aromatic N) is 1. The molecule has 1 aliphatic heterocycles. The minimum Gasteiger partial charge on any atom is -0.372 e. The molecule has 2 rings (SSSR count). The third-order valence-corrected chi connectivity index (χ3v) is 4.51. The highest BCUT2D eigenvalue weighted by Crippen LogP contribution is 2.29. The minimum atomic E-state index is -4.40. The second kappa shape index (κ2) is 4.29. The molecule has 1 saturated heterocycles. The van der Waals surface area contributed by atoms with E-state index in [1.165, 1.54) is 0 Å². The van der Waals surface area contributed by atoms with Gasteiger partial charge in [-0.05, 0) is 12.1 Å².